The second kappa shape index (κ2) is 5.99. The van der Waals surface area contributed by atoms with Crippen LogP contribution in [0.4, 0.5) is 0 Å². The third kappa shape index (κ3) is 2.84. The van der Waals surface area contributed by atoms with E-state index in [2.05, 4.69) is 43.9 Å². The molecule has 0 radical (unpaired) electrons. The van der Waals surface area contributed by atoms with Gasteiger partial charge in [0.25, 0.3) is 0 Å². The van der Waals surface area contributed by atoms with Gasteiger partial charge >= 0.3 is 0 Å². The molecule has 1 heterocycles. The molecule has 2 rings (SSSR count). The molecular formula is C13H15Br2N3. The third-order valence-corrected chi connectivity index (χ3v) is 4.01. The molecule has 0 saturated carbocycles. The van der Waals surface area contributed by atoms with E-state index in [1.165, 1.54) is 0 Å². The monoisotopic (exact) mass is 371 g/mol. The lowest BCUT2D eigenvalue weighted by atomic mass is 10.0. The van der Waals surface area contributed by atoms with Crippen LogP contribution in [-0.4, -0.2) is 9.78 Å². The summed E-state index contributed by atoms with van der Waals surface area (Å²) in [5.41, 5.74) is 8.45. The van der Waals surface area contributed by atoms with Gasteiger partial charge in [-0.2, -0.15) is 5.10 Å². The first-order valence-corrected chi connectivity index (χ1v) is 7.44. The first kappa shape index (κ1) is 13.8. The zero-order valence-electron chi connectivity index (χ0n) is 10.1. The highest BCUT2D eigenvalue weighted by molar-refractivity contribution is 9.11. The van der Waals surface area contributed by atoms with Crippen molar-refractivity contribution < 1.29 is 0 Å². The van der Waals surface area contributed by atoms with Gasteiger partial charge in [-0.1, -0.05) is 38.8 Å². The highest BCUT2D eigenvalue weighted by Crippen LogP contribution is 2.29. The number of hydrogen-bond acceptors (Lipinski definition) is 2. The summed E-state index contributed by atoms with van der Waals surface area (Å²) in [7, 11) is 0. The van der Waals surface area contributed by atoms with Crippen molar-refractivity contribution in [1.29, 1.82) is 0 Å². The fraction of sp³-hybridized carbons (Fsp3) is 0.308. The maximum Gasteiger partial charge on any atom is 0.0734 e. The van der Waals surface area contributed by atoms with Crippen molar-refractivity contribution in [3.05, 3.63) is 50.7 Å². The topological polar surface area (TPSA) is 43.8 Å². The lowest BCUT2D eigenvalue weighted by molar-refractivity contribution is 0.559. The molecule has 0 aliphatic heterocycles. The Balaban J connectivity index is 2.38. The molecule has 1 atom stereocenters. The second-order valence-electron chi connectivity index (χ2n) is 4.12. The highest BCUT2D eigenvalue weighted by Gasteiger charge is 2.16. The fourth-order valence-electron chi connectivity index (χ4n) is 1.92. The zero-order chi connectivity index (χ0) is 13.1. The summed E-state index contributed by atoms with van der Waals surface area (Å²) < 4.78 is 4.01. The highest BCUT2D eigenvalue weighted by atomic mass is 79.9. The van der Waals surface area contributed by atoms with E-state index < -0.39 is 0 Å². The molecule has 18 heavy (non-hydrogen) atoms. The Morgan fingerprint density at radius 2 is 2.11 bits per heavy atom. The molecule has 2 aromatic rings. The summed E-state index contributed by atoms with van der Waals surface area (Å²) >= 11 is 7.03. The van der Waals surface area contributed by atoms with Gasteiger partial charge in [0.1, 0.15) is 0 Å². The number of nitrogens with two attached hydrogens (primary N) is 1. The Morgan fingerprint density at radius 3 is 2.83 bits per heavy atom. The molecule has 0 aliphatic rings. The van der Waals surface area contributed by atoms with Crippen LogP contribution in [0.3, 0.4) is 0 Å². The molecule has 0 fully saturated rings. The van der Waals surface area contributed by atoms with Crippen molar-refractivity contribution in [3.63, 3.8) is 0 Å². The molecule has 96 valence electrons. The van der Waals surface area contributed by atoms with Gasteiger partial charge in [-0.3, -0.25) is 4.68 Å². The largest absolute Gasteiger partial charge is 0.319 e. The first-order valence-electron chi connectivity index (χ1n) is 5.85. The second-order valence-corrected chi connectivity index (χ2v) is 5.89. The van der Waals surface area contributed by atoms with Crippen LogP contribution in [0.25, 0.3) is 0 Å². The smallest absolute Gasteiger partial charge is 0.0734 e. The molecule has 0 bridgehead atoms. The number of nitrogens with zero attached hydrogens (tertiary/aromatic N) is 2. The maximum absolute atomic E-state index is 6.35. The maximum atomic E-state index is 6.35. The van der Waals surface area contributed by atoms with E-state index in [9.17, 15) is 0 Å². The van der Waals surface area contributed by atoms with E-state index in [1.54, 1.807) is 6.20 Å². The van der Waals surface area contributed by atoms with Crippen LogP contribution in [0, 0.1) is 0 Å². The summed E-state index contributed by atoms with van der Waals surface area (Å²) in [6.45, 7) is 3.02. The molecular weight excluding hydrogens is 358 g/mol. The summed E-state index contributed by atoms with van der Waals surface area (Å²) in [6.07, 6.45) is 2.85. The fourth-order valence-corrected chi connectivity index (χ4v) is 2.79. The van der Waals surface area contributed by atoms with Gasteiger partial charge in [0.2, 0.25) is 0 Å². The lowest BCUT2D eigenvalue weighted by Gasteiger charge is -2.16. The van der Waals surface area contributed by atoms with Crippen LogP contribution >= 0.6 is 31.9 Å². The van der Waals surface area contributed by atoms with Gasteiger partial charge in [-0.15, -0.1) is 0 Å². The Kier molecular flexibility index (Phi) is 4.59. The van der Waals surface area contributed by atoms with Gasteiger partial charge in [-0.05, 0) is 36.2 Å². The van der Waals surface area contributed by atoms with Crippen LogP contribution in [0.2, 0.25) is 0 Å². The normalized spacial score (nSPS) is 12.7. The zero-order valence-corrected chi connectivity index (χ0v) is 13.3. The van der Waals surface area contributed by atoms with E-state index in [0.717, 1.165) is 33.2 Å². The van der Waals surface area contributed by atoms with Crippen molar-refractivity contribution in [2.75, 3.05) is 0 Å². The Bertz CT molecular complexity index is 537. The SMILES string of the molecule is CCCn1nccc1C(N)c1cc(Br)ccc1Br. The van der Waals surface area contributed by atoms with E-state index in [4.69, 9.17) is 5.73 Å². The van der Waals surface area contributed by atoms with Gasteiger partial charge in [0, 0.05) is 21.7 Å². The molecule has 5 heteroatoms. The van der Waals surface area contributed by atoms with Gasteiger partial charge in [0.15, 0.2) is 0 Å². The average Bonchev–Trinajstić information content (AvgIpc) is 2.80. The summed E-state index contributed by atoms with van der Waals surface area (Å²) in [5.74, 6) is 0. The van der Waals surface area contributed by atoms with Gasteiger partial charge in [-0.25, -0.2) is 0 Å². The van der Waals surface area contributed by atoms with Crippen molar-refractivity contribution >= 4 is 31.9 Å². The van der Waals surface area contributed by atoms with Crippen molar-refractivity contribution in [2.24, 2.45) is 5.73 Å². The van der Waals surface area contributed by atoms with Gasteiger partial charge < -0.3 is 5.73 Å². The molecule has 1 aromatic heterocycles. The number of aryl methyl sites for hydroxylation is 1. The van der Waals surface area contributed by atoms with Crippen LogP contribution in [0.1, 0.15) is 30.6 Å². The molecule has 0 spiro atoms. The molecule has 3 nitrogen and oxygen atoms in total. The van der Waals surface area contributed by atoms with E-state index in [0.29, 0.717) is 0 Å². The van der Waals surface area contributed by atoms with Crippen LogP contribution in [-0.2, 0) is 6.54 Å². The molecule has 0 aliphatic carbocycles. The van der Waals surface area contributed by atoms with E-state index >= 15 is 0 Å². The molecule has 1 aromatic carbocycles. The Morgan fingerprint density at radius 1 is 1.33 bits per heavy atom. The quantitative estimate of drug-likeness (QED) is 0.885. The predicted molar refractivity (Wildman–Crippen MR) is 80.4 cm³/mol. The minimum absolute atomic E-state index is 0.175. The standard InChI is InChI=1S/C13H15Br2N3/c1-2-7-18-12(5-6-17-18)13(16)10-8-9(14)3-4-11(10)15/h3-6,8,13H,2,7,16H2,1H3. The average molecular weight is 373 g/mol. The lowest BCUT2D eigenvalue weighted by Crippen LogP contribution is -2.18. The molecule has 1 unspecified atom stereocenters. The third-order valence-electron chi connectivity index (χ3n) is 2.80. The first-order chi connectivity index (χ1) is 8.63. The number of hydrogen-bond donors (Lipinski definition) is 1. The summed E-state index contributed by atoms with van der Waals surface area (Å²) in [5, 5.41) is 4.31. The number of aromatic nitrogens is 2. The minimum atomic E-state index is -0.175. The van der Waals surface area contributed by atoms with Crippen molar-refractivity contribution in [1.82, 2.24) is 9.78 Å². The molecule has 2 N–H and O–H groups in total. The number of rotatable bonds is 4. The van der Waals surface area contributed by atoms with E-state index in [1.807, 2.05) is 28.9 Å². The minimum Gasteiger partial charge on any atom is -0.319 e. The van der Waals surface area contributed by atoms with Crippen LogP contribution < -0.4 is 5.73 Å². The molecule has 0 saturated heterocycles. The van der Waals surface area contributed by atoms with Crippen molar-refractivity contribution in [3.8, 4) is 0 Å². The Hall–Kier alpha value is -0.650. The number of halogens is 2. The molecule has 0 amide bonds. The summed E-state index contributed by atoms with van der Waals surface area (Å²) in [6, 6.07) is 7.83. The Labute approximate surface area is 124 Å². The van der Waals surface area contributed by atoms with Gasteiger partial charge in [0.05, 0.1) is 11.7 Å². The predicted octanol–water partition coefficient (Wildman–Crippen LogP) is 3.87. The number of benzene rings is 1. The van der Waals surface area contributed by atoms with E-state index in [-0.39, 0.29) is 6.04 Å². The van der Waals surface area contributed by atoms with Crippen molar-refractivity contribution in [2.45, 2.75) is 25.9 Å². The van der Waals surface area contributed by atoms with Crippen LogP contribution in [0.15, 0.2) is 39.4 Å². The van der Waals surface area contributed by atoms with Crippen LogP contribution in [0.5, 0.6) is 0 Å². The summed E-state index contributed by atoms with van der Waals surface area (Å²) in [4.78, 5) is 0.